The fourth-order valence-corrected chi connectivity index (χ4v) is 0. The van der Waals surface area contributed by atoms with Crippen LogP contribution in [-0.2, 0) is 0 Å². The SMILES string of the molecule is CC.CN(C)C.CN(C)CO. The van der Waals surface area contributed by atoms with Gasteiger partial charge in [-0.2, -0.15) is 0 Å². The zero-order valence-electron chi connectivity index (χ0n) is 9.05. The number of hydrogen-bond acceptors (Lipinski definition) is 3. The van der Waals surface area contributed by atoms with Crippen LogP contribution in [0.4, 0.5) is 0 Å². The van der Waals surface area contributed by atoms with Gasteiger partial charge < -0.3 is 10.0 Å². The van der Waals surface area contributed by atoms with Gasteiger partial charge in [0.15, 0.2) is 0 Å². The van der Waals surface area contributed by atoms with Crippen molar-refractivity contribution in [3.8, 4) is 0 Å². The van der Waals surface area contributed by atoms with E-state index >= 15 is 0 Å². The summed E-state index contributed by atoms with van der Waals surface area (Å²) in [5.74, 6) is 0. The van der Waals surface area contributed by atoms with E-state index in [0.717, 1.165) is 0 Å². The van der Waals surface area contributed by atoms with Gasteiger partial charge in [0.25, 0.3) is 0 Å². The van der Waals surface area contributed by atoms with Crippen molar-refractivity contribution in [3.05, 3.63) is 0 Å². The third-order valence-corrected chi connectivity index (χ3v) is 0.283. The topological polar surface area (TPSA) is 26.7 Å². The molecule has 0 aromatic carbocycles. The van der Waals surface area contributed by atoms with Crippen molar-refractivity contribution in [2.24, 2.45) is 0 Å². The molecule has 1 N–H and O–H groups in total. The Morgan fingerprint density at radius 2 is 1.00 bits per heavy atom. The molecule has 0 aliphatic heterocycles. The fraction of sp³-hybridized carbons (Fsp3) is 1.00. The highest BCUT2D eigenvalue weighted by Gasteiger charge is 1.73. The van der Waals surface area contributed by atoms with Gasteiger partial charge in [-0.3, -0.25) is 4.90 Å². The molecule has 0 rings (SSSR count). The molecular formula is C8H24N2O. The molecular weight excluding hydrogens is 140 g/mol. The van der Waals surface area contributed by atoms with Crippen LogP contribution in [0.2, 0.25) is 0 Å². The summed E-state index contributed by atoms with van der Waals surface area (Å²) in [4.78, 5) is 3.68. The minimum absolute atomic E-state index is 0.139. The van der Waals surface area contributed by atoms with Crippen molar-refractivity contribution in [1.29, 1.82) is 0 Å². The molecule has 0 fully saturated rings. The maximum absolute atomic E-state index is 8.07. The first kappa shape index (κ1) is 17.1. The summed E-state index contributed by atoms with van der Waals surface area (Å²) in [6, 6.07) is 0. The highest BCUT2D eigenvalue weighted by atomic mass is 16.3. The molecule has 0 saturated carbocycles. The van der Waals surface area contributed by atoms with Crippen molar-refractivity contribution in [2.75, 3.05) is 42.0 Å². The molecule has 0 amide bonds. The summed E-state index contributed by atoms with van der Waals surface area (Å²) in [5.41, 5.74) is 0. The van der Waals surface area contributed by atoms with E-state index < -0.39 is 0 Å². The Balaban J connectivity index is -0.0000000965. The zero-order valence-corrected chi connectivity index (χ0v) is 9.05. The Hall–Kier alpha value is -0.120. The molecule has 0 aromatic heterocycles. The van der Waals surface area contributed by atoms with E-state index in [1.54, 1.807) is 19.0 Å². The van der Waals surface area contributed by atoms with E-state index in [1.165, 1.54) is 0 Å². The van der Waals surface area contributed by atoms with Crippen molar-refractivity contribution in [2.45, 2.75) is 13.8 Å². The minimum Gasteiger partial charge on any atom is -0.381 e. The second-order valence-corrected chi connectivity index (χ2v) is 2.56. The molecule has 0 bridgehead atoms. The third-order valence-electron chi connectivity index (χ3n) is 0.283. The molecule has 0 radical (unpaired) electrons. The number of hydrogen-bond donors (Lipinski definition) is 1. The van der Waals surface area contributed by atoms with Gasteiger partial charge in [-0.25, -0.2) is 0 Å². The normalized spacial score (nSPS) is 8.18. The molecule has 0 spiro atoms. The van der Waals surface area contributed by atoms with Crippen LogP contribution in [0.25, 0.3) is 0 Å². The second kappa shape index (κ2) is 16.5. The maximum Gasteiger partial charge on any atom is 0.0951 e. The van der Waals surface area contributed by atoms with Crippen molar-refractivity contribution < 1.29 is 5.11 Å². The first-order chi connectivity index (χ1) is 5.00. The van der Waals surface area contributed by atoms with Gasteiger partial charge in [-0.15, -0.1) is 0 Å². The Bertz CT molecular complexity index is 44.6. The molecule has 11 heavy (non-hydrogen) atoms. The first-order valence-corrected chi connectivity index (χ1v) is 3.87. The van der Waals surface area contributed by atoms with E-state index in [2.05, 4.69) is 0 Å². The Morgan fingerprint density at radius 1 is 0.909 bits per heavy atom. The lowest BCUT2D eigenvalue weighted by atomic mass is 11.0. The molecule has 0 saturated heterocycles. The van der Waals surface area contributed by atoms with Gasteiger partial charge in [-0.1, -0.05) is 13.8 Å². The van der Waals surface area contributed by atoms with Gasteiger partial charge in [0.1, 0.15) is 0 Å². The van der Waals surface area contributed by atoms with E-state index in [0.29, 0.717) is 0 Å². The second-order valence-electron chi connectivity index (χ2n) is 2.56. The highest BCUT2D eigenvalue weighted by molar-refractivity contribution is 4.16. The lowest BCUT2D eigenvalue weighted by molar-refractivity contribution is 0.157. The van der Waals surface area contributed by atoms with Gasteiger partial charge in [-0.05, 0) is 35.2 Å². The van der Waals surface area contributed by atoms with Crippen molar-refractivity contribution in [3.63, 3.8) is 0 Å². The Kier molecular flexibility index (Phi) is 25.6. The summed E-state index contributed by atoms with van der Waals surface area (Å²) in [5, 5.41) is 8.07. The molecule has 3 nitrogen and oxygen atoms in total. The Labute approximate surface area is 71.6 Å². The van der Waals surface area contributed by atoms with Crippen molar-refractivity contribution in [1.82, 2.24) is 9.80 Å². The number of nitrogens with zero attached hydrogens (tertiary/aromatic N) is 2. The molecule has 0 aliphatic carbocycles. The Morgan fingerprint density at radius 3 is 1.00 bits per heavy atom. The van der Waals surface area contributed by atoms with E-state index in [4.69, 9.17) is 5.11 Å². The van der Waals surface area contributed by atoms with Crippen LogP contribution in [-0.4, -0.2) is 56.9 Å². The summed E-state index contributed by atoms with van der Waals surface area (Å²) in [7, 11) is 9.61. The van der Waals surface area contributed by atoms with Crippen LogP contribution in [0.5, 0.6) is 0 Å². The van der Waals surface area contributed by atoms with Gasteiger partial charge in [0, 0.05) is 0 Å². The minimum atomic E-state index is 0.139. The van der Waals surface area contributed by atoms with Crippen LogP contribution in [0.1, 0.15) is 13.8 Å². The average molecular weight is 164 g/mol. The predicted molar refractivity (Wildman–Crippen MR) is 51.7 cm³/mol. The molecule has 3 heteroatoms. The zero-order chi connectivity index (χ0) is 9.86. The third kappa shape index (κ3) is 174. The van der Waals surface area contributed by atoms with E-state index in [1.807, 2.05) is 39.9 Å². The van der Waals surface area contributed by atoms with Crippen LogP contribution in [0.15, 0.2) is 0 Å². The average Bonchev–Trinajstić information content (AvgIpc) is 1.91. The van der Waals surface area contributed by atoms with Crippen LogP contribution in [0, 0.1) is 0 Å². The highest BCUT2D eigenvalue weighted by Crippen LogP contribution is 1.59. The van der Waals surface area contributed by atoms with Gasteiger partial charge in [0.05, 0.1) is 6.73 Å². The smallest absolute Gasteiger partial charge is 0.0951 e. The largest absolute Gasteiger partial charge is 0.381 e. The molecule has 0 atom stereocenters. The lowest BCUT2D eigenvalue weighted by Crippen LogP contribution is -2.11. The number of aliphatic hydroxyl groups is 1. The molecule has 0 aliphatic rings. The molecule has 0 unspecified atom stereocenters. The number of aliphatic hydroxyl groups excluding tert-OH is 1. The van der Waals surface area contributed by atoms with Gasteiger partial charge in [0.2, 0.25) is 0 Å². The summed E-state index contributed by atoms with van der Waals surface area (Å²) in [6.45, 7) is 4.14. The first-order valence-electron chi connectivity index (χ1n) is 3.87. The summed E-state index contributed by atoms with van der Waals surface area (Å²) >= 11 is 0. The van der Waals surface area contributed by atoms with Crippen molar-refractivity contribution >= 4 is 0 Å². The maximum atomic E-state index is 8.07. The van der Waals surface area contributed by atoms with Crippen LogP contribution in [0.3, 0.4) is 0 Å². The van der Waals surface area contributed by atoms with E-state index in [-0.39, 0.29) is 6.73 Å². The summed E-state index contributed by atoms with van der Waals surface area (Å²) in [6.07, 6.45) is 0. The summed E-state index contributed by atoms with van der Waals surface area (Å²) < 4.78 is 0. The number of rotatable bonds is 1. The van der Waals surface area contributed by atoms with Crippen LogP contribution < -0.4 is 0 Å². The predicted octanol–water partition coefficient (Wildman–Crippen LogP) is 0.702. The monoisotopic (exact) mass is 164 g/mol. The molecule has 0 aromatic rings. The van der Waals surface area contributed by atoms with E-state index in [9.17, 15) is 0 Å². The quantitative estimate of drug-likeness (QED) is 0.578. The lowest BCUT2D eigenvalue weighted by Gasteiger charge is -1.99. The van der Waals surface area contributed by atoms with Crippen LogP contribution >= 0.6 is 0 Å². The molecule has 0 heterocycles. The fourth-order valence-electron chi connectivity index (χ4n) is 0. The standard InChI is InChI=1S/C3H9NO.C3H9N.C2H6/c1-4(2)3-5;1-4(2)3;1-2/h5H,3H2,1-2H3;1-3H3;1-2H3. The van der Waals surface area contributed by atoms with Gasteiger partial charge >= 0.3 is 0 Å². The molecule has 72 valence electrons.